The zero-order valence-corrected chi connectivity index (χ0v) is 18.0. The van der Waals surface area contributed by atoms with E-state index in [4.69, 9.17) is 0 Å². The standard InChI is InChI=1S/C24H22N2O4S/c1-15-7-12-21(16(2)13-15)26-22(27)14-31-18-10-8-17(9-11-18)25-23(28)19-5-3-4-6-20(19)24(29)30/h3-13H,14H2,1-2H3,(H,25,28)(H,26,27)(H,29,30). The zero-order valence-electron chi connectivity index (χ0n) is 17.1. The molecule has 3 aromatic rings. The van der Waals surface area contributed by atoms with Crippen LogP contribution in [0, 0.1) is 13.8 Å². The number of aryl methyl sites for hydroxylation is 2. The second kappa shape index (κ2) is 9.95. The predicted molar refractivity (Wildman–Crippen MR) is 123 cm³/mol. The van der Waals surface area contributed by atoms with Gasteiger partial charge in [-0.05, 0) is 61.9 Å². The summed E-state index contributed by atoms with van der Waals surface area (Å²) in [5.41, 5.74) is 3.54. The summed E-state index contributed by atoms with van der Waals surface area (Å²) >= 11 is 1.38. The molecule has 2 amide bonds. The minimum Gasteiger partial charge on any atom is -0.478 e. The van der Waals surface area contributed by atoms with Crippen molar-refractivity contribution in [3.8, 4) is 0 Å². The van der Waals surface area contributed by atoms with E-state index < -0.39 is 11.9 Å². The van der Waals surface area contributed by atoms with Gasteiger partial charge in [-0.25, -0.2) is 4.79 Å². The van der Waals surface area contributed by atoms with E-state index in [1.54, 1.807) is 36.4 Å². The highest BCUT2D eigenvalue weighted by atomic mass is 32.2. The van der Waals surface area contributed by atoms with Gasteiger partial charge in [-0.3, -0.25) is 9.59 Å². The van der Waals surface area contributed by atoms with Crippen LogP contribution in [0.5, 0.6) is 0 Å². The number of carbonyl (C=O) groups excluding carboxylic acids is 2. The van der Waals surface area contributed by atoms with Gasteiger partial charge in [0.05, 0.1) is 16.9 Å². The minimum absolute atomic E-state index is 0.0537. The molecule has 3 N–H and O–H groups in total. The number of hydrogen-bond donors (Lipinski definition) is 3. The van der Waals surface area contributed by atoms with Gasteiger partial charge >= 0.3 is 5.97 Å². The van der Waals surface area contributed by atoms with Crippen molar-refractivity contribution in [1.29, 1.82) is 0 Å². The van der Waals surface area contributed by atoms with Gasteiger partial charge in [-0.2, -0.15) is 0 Å². The van der Waals surface area contributed by atoms with E-state index in [-0.39, 0.29) is 22.8 Å². The number of anilines is 2. The van der Waals surface area contributed by atoms with Crippen molar-refractivity contribution in [2.45, 2.75) is 18.7 Å². The summed E-state index contributed by atoms with van der Waals surface area (Å²) in [5.74, 6) is -1.49. The van der Waals surface area contributed by atoms with E-state index >= 15 is 0 Å². The van der Waals surface area contributed by atoms with E-state index in [1.165, 1.54) is 23.9 Å². The molecule has 3 aromatic carbocycles. The van der Waals surface area contributed by atoms with Crippen molar-refractivity contribution < 1.29 is 19.5 Å². The van der Waals surface area contributed by atoms with Crippen molar-refractivity contribution in [2.75, 3.05) is 16.4 Å². The highest BCUT2D eigenvalue weighted by molar-refractivity contribution is 8.00. The van der Waals surface area contributed by atoms with Gasteiger partial charge in [-0.15, -0.1) is 11.8 Å². The van der Waals surface area contributed by atoms with Crippen molar-refractivity contribution in [2.24, 2.45) is 0 Å². The molecule has 0 spiro atoms. The number of benzene rings is 3. The smallest absolute Gasteiger partial charge is 0.336 e. The predicted octanol–water partition coefficient (Wildman–Crippen LogP) is 4.98. The van der Waals surface area contributed by atoms with Gasteiger partial charge in [-0.1, -0.05) is 29.8 Å². The summed E-state index contributed by atoms with van der Waals surface area (Å²) in [6.45, 7) is 3.96. The molecule has 0 aliphatic rings. The first-order chi connectivity index (χ1) is 14.8. The Balaban J connectivity index is 1.56. The number of aromatic carboxylic acids is 1. The Labute approximate surface area is 184 Å². The lowest BCUT2D eigenvalue weighted by Crippen LogP contribution is -2.16. The van der Waals surface area contributed by atoms with Crippen LogP contribution in [0.25, 0.3) is 0 Å². The molecule has 0 heterocycles. The fourth-order valence-corrected chi connectivity index (χ4v) is 3.69. The second-order valence-corrected chi connectivity index (χ2v) is 8.03. The van der Waals surface area contributed by atoms with Gasteiger partial charge in [0.2, 0.25) is 5.91 Å². The molecule has 158 valence electrons. The lowest BCUT2D eigenvalue weighted by atomic mass is 10.1. The number of carboxylic acids is 1. The van der Waals surface area contributed by atoms with Crippen LogP contribution in [0.2, 0.25) is 0 Å². The molecule has 0 aliphatic heterocycles. The van der Waals surface area contributed by atoms with Crippen LogP contribution in [0.1, 0.15) is 31.8 Å². The van der Waals surface area contributed by atoms with Gasteiger partial charge < -0.3 is 15.7 Å². The minimum atomic E-state index is -1.16. The molecule has 0 saturated heterocycles. The van der Waals surface area contributed by atoms with Gasteiger partial charge in [0.15, 0.2) is 0 Å². The molecule has 0 aromatic heterocycles. The summed E-state index contributed by atoms with van der Waals surface area (Å²) in [6.07, 6.45) is 0. The summed E-state index contributed by atoms with van der Waals surface area (Å²) < 4.78 is 0. The summed E-state index contributed by atoms with van der Waals surface area (Å²) in [6, 6.07) is 18.9. The third-order valence-electron chi connectivity index (χ3n) is 4.54. The third kappa shape index (κ3) is 5.96. The van der Waals surface area contributed by atoms with Crippen LogP contribution < -0.4 is 10.6 Å². The monoisotopic (exact) mass is 434 g/mol. The third-order valence-corrected chi connectivity index (χ3v) is 5.55. The zero-order chi connectivity index (χ0) is 22.4. The Hall–Kier alpha value is -3.58. The molecular weight excluding hydrogens is 412 g/mol. The first-order valence-electron chi connectivity index (χ1n) is 9.57. The Morgan fingerprint density at radius 2 is 1.55 bits per heavy atom. The molecule has 3 rings (SSSR count). The summed E-state index contributed by atoms with van der Waals surface area (Å²) in [7, 11) is 0. The maximum absolute atomic E-state index is 12.4. The van der Waals surface area contributed by atoms with Gasteiger partial charge in [0.1, 0.15) is 0 Å². The first kappa shape index (κ1) is 22.1. The Morgan fingerprint density at radius 3 is 2.19 bits per heavy atom. The number of amides is 2. The summed E-state index contributed by atoms with van der Waals surface area (Å²) in [5, 5.41) is 14.8. The van der Waals surface area contributed by atoms with Crippen LogP contribution in [-0.2, 0) is 4.79 Å². The van der Waals surface area contributed by atoms with E-state index in [9.17, 15) is 19.5 Å². The fraction of sp³-hybridized carbons (Fsp3) is 0.125. The Morgan fingerprint density at radius 1 is 0.871 bits per heavy atom. The SMILES string of the molecule is Cc1ccc(NC(=O)CSc2ccc(NC(=O)c3ccccc3C(=O)O)cc2)c(C)c1. The van der Waals surface area contributed by atoms with Crippen molar-refractivity contribution >= 4 is 40.9 Å². The molecule has 0 bridgehead atoms. The molecule has 0 unspecified atom stereocenters. The fourth-order valence-electron chi connectivity index (χ4n) is 2.99. The molecule has 7 heteroatoms. The Bertz CT molecular complexity index is 1130. The molecule has 31 heavy (non-hydrogen) atoms. The maximum Gasteiger partial charge on any atom is 0.336 e. The van der Waals surface area contributed by atoms with Crippen molar-refractivity contribution in [1.82, 2.24) is 0 Å². The van der Waals surface area contributed by atoms with Crippen LogP contribution in [-0.4, -0.2) is 28.6 Å². The highest BCUT2D eigenvalue weighted by Gasteiger charge is 2.15. The average molecular weight is 435 g/mol. The second-order valence-electron chi connectivity index (χ2n) is 6.98. The number of carbonyl (C=O) groups is 3. The van der Waals surface area contributed by atoms with Crippen LogP contribution in [0.4, 0.5) is 11.4 Å². The van der Waals surface area contributed by atoms with Gasteiger partial charge in [0.25, 0.3) is 5.91 Å². The largest absolute Gasteiger partial charge is 0.478 e. The van der Waals surface area contributed by atoms with Crippen LogP contribution in [0.3, 0.4) is 0 Å². The molecule has 0 saturated carbocycles. The lowest BCUT2D eigenvalue weighted by Gasteiger charge is -2.10. The first-order valence-corrected chi connectivity index (χ1v) is 10.6. The van der Waals surface area contributed by atoms with Crippen LogP contribution in [0.15, 0.2) is 71.6 Å². The van der Waals surface area contributed by atoms with E-state index in [1.807, 2.05) is 32.0 Å². The topological polar surface area (TPSA) is 95.5 Å². The number of thioether (sulfide) groups is 1. The molecule has 0 fully saturated rings. The van der Waals surface area contributed by atoms with Crippen molar-refractivity contribution in [3.63, 3.8) is 0 Å². The average Bonchev–Trinajstić information content (AvgIpc) is 2.75. The highest BCUT2D eigenvalue weighted by Crippen LogP contribution is 2.22. The number of nitrogens with one attached hydrogen (secondary N) is 2. The number of rotatable bonds is 7. The van der Waals surface area contributed by atoms with E-state index in [0.29, 0.717) is 5.69 Å². The Kier molecular flexibility index (Phi) is 7.10. The quantitative estimate of drug-likeness (QED) is 0.456. The lowest BCUT2D eigenvalue weighted by molar-refractivity contribution is -0.113. The van der Waals surface area contributed by atoms with E-state index in [2.05, 4.69) is 10.6 Å². The van der Waals surface area contributed by atoms with E-state index in [0.717, 1.165) is 21.7 Å². The number of carboxylic acid groups (broad SMARTS) is 1. The van der Waals surface area contributed by atoms with Crippen LogP contribution >= 0.6 is 11.8 Å². The molecule has 0 atom stereocenters. The summed E-state index contributed by atoms with van der Waals surface area (Å²) in [4.78, 5) is 36.8. The number of hydrogen-bond acceptors (Lipinski definition) is 4. The van der Waals surface area contributed by atoms with Gasteiger partial charge in [0, 0.05) is 16.3 Å². The molecule has 0 radical (unpaired) electrons. The molecule has 0 aliphatic carbocycles. The van der Waals surface area contributed by atoms with Crippen molar-refractivity contribution in [3.05, 3.63) is 89.0 Å². The molecular formula is C24H22N2O4S. The normalized spacial score (nSPS) is 10.4. The maximum atomic E-state index is 12.4. The molecule has 6 nitrogen and oxygen atoms in total.